The van der Waals surface area contributed by atoms with Crippen molar-refractivity contribution in [2.24, 2.45) is 0 Å². The number of nitrogens with two attached hydrogens (primary N) is 1. The molecule has 0 aliphatic heterocycles. The maximum absolute atomic E-state index is 12.2. The van der Waals surface area contributed by atoms with Gasteiger partial charge in [0.05, 0.1) is 11.4 Å². The van der Waals surface area contributed by atoms with Crippen molar-refractivity contribution in [3.63, 3.8) is 0 Å². The molecule has 0 aliphatic rings. The standard InChI is InChI=1S/C14H18N4O/c1-4-10-12(15)13(18-17-10)14(19)16-11-7-5-6-8(2)9(11)3/h5-7H,4,15H2,1-3H3,(H,16,19)(H,17,18). The fraction of sp³-hybridized carbons (Fsp3) is 0.286. The highest BCUT2D eigenvalue weighted by atomic mass is 16.2. The molecule has 2 rings (SSSR count). The van der Waals surface area contributed by atoms with Crippen molar-refractivity contribution in [3.05, 3.63) is 40.7 Å². The van der Waals surface area contributed by atoms with Crippen LogP contribution in [0.15, 0.2) is 18.2 Å². The number of anilines is 2. The number of rotatable bonds is 3. The van der Waals surface area contributed by atoms with Gasteiger partial charge in [0.2, 0.25) is 0 Å². The van der Waals surface area contributed by atoms with E-state index in [1.165, 1.54) is 0 Å². The molecule has 0 unspecified atom stereocenters. The normalized spacial score (nSPS) is 10.5. The Labute approximate surface area is 112 Å². The molecule has 0 saturated carbocycles. The van der Waals surface area contributed by atoms with Crippen LogP contribution in [0, 0.1) is 13.8 Å². The molecule has 0 spiro atoms. The number of hydrogen-bond acceptors (Lipinski definition) is 3. The average molecular weight is 258 g/mol. The minimum Gasteiger partial charge on any atom is -0.395 e. The van der Waals surface area contributed by atoms with Crippen molar-refractivity contribution in [1.29, 1.82) is 0 Å². The van der Waals surface area contributed by atoms with Gasteiger partial charge in [-0.25, -0.2) is 0 Å². The van der Waals surface area contributed by atoms with Crippen LogP contribution >= 0.6 is 0 Å². The Morgan fingerprint density at radius 2 is 2.16 bits per heavy atom. The maximum Gasteiger partial charge on any atom is 0.278 e. The predicted molar refractivity (Wildman–Crippen MR) is 76.2 cm³/mol. The zero-order valence-corrected chi connectivity index (χ0v) is 11.4. The van der Waals surface area contributed by atoms with Crippen molar-refractivity contribution in [1.82, 2.24) is 10.2 Å². The average Bonchev–Trinajstić information content (AvgIpc) is 2.76. The van der Waals surface area contributed by atoms with Crippen LogP contribution in [0.25, 0.3) is 0 Å². The van der Waals surface area contributed by atoms with Crippen LogP contribution in [0.3, 0.4) is 0 Å². The number of H-pyrrole nitrogens is 1. The molecule has 0 saturated heterocycles. The minimum atomic E-state index is -0.290. The van der Waals surface area contributed by atoms with Crippen molar-refractivity contribution >= 4 is 17.3 Å². The van der Waals surface area contributed by atoms with E-state index < -0.39 is 0 Å². The van der Waals surface area contributed by atoms with E-state index in [1.54, 1.807) is 0 Å². The van der Waals surface area contributed by atoms with Gasteiger partial charge < -0.3 is 11.1 Å². The highest BCUT2D eigenvalue weighted by Gasteiger charge is 2.17. The van der Waals surface area contributed by atoms with Gasteiger partial charge in [-0.05, 0) is 37.5 Å². The summed E-state index contributed by atoms with van der Waals surface area (Å²) in [7, 11) is 0. The van der Waals surface area contributed by atoms with E-state index in [4.69, 9.17) is 5.73 Å². The minimum absolute atomic E-state index is 0.248. The smallest absolute Gasteiger partial charge is 0.278 e. The van der Waals surface area contributed by atoms with Crippen molar-refractivity contribution in [2.75, 3.05) is 11.1 Å². The van der Waals surface area contributed by atoms with Crippen LogP contribution < -0.4 is 11.1 Å². The summed E-state index contributed by atoms with van der Waals surface area (Å²) in [6, 6.07) is 5.77. The molecule has 0 aliphatic carbocycles. The van der Waals surface area contributed by atoms with Gasteiger partial charge >= 0.3 is 0 Å². The lowest BCUT2D eigenvalue weighted by atomic mass is 10.1. The monoisotopic (exact) mass is 258 g/mol. The molecule has 1 heterocycles. The Morgan fingerprint density at radius 1 is 1.42 bits per heavy atom. The van der Waals surface area contributed by atoms with E-state index in [0.717, 1.165) is 28.9 Å². The van der Waals surface area contributed by atoms with E-state index in [2.05, 4.69) is 15.5 Å². The number of hydrogen-bond donors (Lipinski definition) is 3. The number of aromatic nitrogens is 2. The molecular weight excluding hydrogens is 240 g/mol. The number of benzene rings is 1. The second-order valence-corrected chi connectivity index (χ2v) is 4.52. The quantitative estimate of drug-likeness (QED) is 0.790. The van der Waals surface area contributed by atoms with Gasteiger partial charge in [0.25, 0.3) is 5.91 Å². The lowest BCUT2D eigenvalue weighted by Gasteiger charge is -2.09. The molecule has 0 fully saturated rings. The fourth-order valence-corrected chi connectivity index (χ4v) is 1.90. The van der Waals surface area contributed by atoms with Crippen LogP contribution in [-0.4, -0.2) is 16.1 Å². The number of amides is 1. The second kappa shape index (κ2) is 5.14. The zero-order valence-electron chi connectivity index (χ0n) is 11.4. The van der Waals surface area contributed by atoms with Gasteiger partial charge in [0, 0.05) is 5.69 Å². The highest BCUT2D eigenvalue weighted by molar-refractivity contribution is 6.06. The van der Waals surface area contributed by atoms with Crippen LogP contribution in [-0.2, 0) is 6.42 Å². The number of nitrogen functional groups attached to an aromatic ring is 1. The molecule has 2 aromatic rings. The molecule has 0 atom stereocenters. The molecule has 1 aromatic heterocycles. The van der Waals surface area contributed by atoms with E-state index >= 15 is 0 Å². The SMILES string of the molecule is CCc1[nH]nc(C(=O)Nc2cccc(C)c2C)c1N. The Hall–Kier alpha value is -2.30. The summed E-state index contributed by atoms with van der Waals surface area (Å²) in [5, 5.41) is 9.60. The van der Waals surface area contributed by atoms with E-state index in [-0.39, 0.29) is 11.6 Å². The van der Waals surface area contributed by atoms with Gasteiger partial charge in [-0.1, -0.05) is 19.1 Å². The molecule has 0 radical (unpaired) electrons. The summed E-state index contributed by atoms with van der Waals surface area (Å²) in [6.45, 7) is 5.93. The topological polar surface area (TPSA) is 83.8 Å². The molecular formula is C14H18N4O. The largest absolute Gasteiger partial charge is 0.395 e. The van der Waals surface area contributed by atoms with Crippen LogP contribution in [0.5, 0.6) is 0 Å². The summed E-state index contributed by atoms with van der Waals surface area (Å²) >= 11 is 0. The molecule has 4 N–H and O–H groups in total. The first-order chi connectivity index (χ1) is 9.04. The van der Waals surface area contributed by atoms with Gasteiger partial charge in [-0.15, -0.1) is 0 Å². The third-order valence-electron chi connectivity index (χ3n) is 3.30. The Kier molecular flexibility index (Phi) is 3.55. The zero-order chi connectivity index (χ0) is 14.0. The van der Waals surface area contributed by atoms with Crippen LogP contribution in [0.1, 0.15) is 34.2 Å². The summed E-state index contributed by atoms with van der Waals surface area (Å²) < 4.78 is 0. The Bertz CT molecular complexity index is 616. The van der Waals surface area contributed by atoms with E-state index in [1.807, 2.05) is 39.0 Å². The number of aryl methyl sites for hydroxylation is 2. The third kappa shape index (κ3) is 2.45. The Balaban J connectivity index is 2.26. The molecule has 5 heteroatoms. The number of nitrogens with one attached hydrogen (secondary N) is 2. The lowest BCUT2D eigenvalue weighted by molar-refractivity contribution is 0.102. The predicted octanol–water partition coefficient (Wildman–Crippen LogP) is 2.42. The molecule has 5 nitrogen and oxygen atoms in total. The summed E-state index contributed by atoms with van der Waals surface area (Å²) in [5.41, 5.74) is 10.3. The first kappa shape index (κ1) is 13.1. The van der Waals surface area contributed by atoms with Gasteiger partial charge in [-0.3, -0.25) is 9.89 Å². The molecule has 1 aromatic carbocycles. The first-order valence-corrected chi connectivity index (χ1v) is 6.24. The second-order valence-electron chi connectivity index (χ2n) is 4.52. The highest BCUT2D eigenvalue weighted by Crippen LogP contribution is 2.20. The van der Waals surface area contributed by atoms with Gasteiger partial charge in [0.15, 0.2) is 5.69 Å². The lowest BCUT2D eigenvalue weighted by Crippen LogP contribution is -2.15. The molecule has 19 heavy (non-hydrogen) atoms. The Morgan fingerprint density at radius 3 is 2.79 bits per heavy atom. The number of carbonyl (C=O) groups is 1. The summed E-state index contributed by atoms with van der Waals surface area (Å²) in [6.07, 6.45) is 0.718. The van der Waals surface area contributed by atoms with Crippen LogP contribution in [0.4, 0.5) is 11.4 Å². The number of aromatic amines is 1. The van der Waals surface area contributed by atoms with E-state index in [0.29, 0.717) is 5.69 Å². The van der Waals surface area contributed by atoms with Crippen LogP contribution in [0.2, 0.25) is 0 Å². The fourth-order valence-electron chi connectivity index (χ4n) is 1.90. The molecule has 1 amide bonds. The van der Waals surface area contributed by atoms with Crippen molar-refractivity contribution in [3.8, 4) is 0 Å². The molecule has 100 valence electrons. The van der Waals surface area contributed by atoms with Crippen molar-refractivity contribution in [2.45, 2.75) is 27.2 Å². The first-order valence-electron chi connectivity index (χ1n) is 6.24. The number of carbonyl (C=O) groups excluding carboxylic acids is 1. The van der Waals surface area contributed by atoms with Gasteiger partial charge in [-0.2, -0.15) is 5.10 Å². The molecule has 0 bridgehead atoms. The third-order valence-corrected chi connectivity index (χ3v) is 3.30. The maximum atomic E-state index is 12.2. The van der Waals surface area contributed by atoms with E-state index in [9.17, 15) is 4.79 Å². The summed E-state index contributed by atoms with van der Waals surface area (Å²) in [4.78, 5) is 12.2. The number of nitrogens with zero attached hydrogens (tertiary/aromatic N) is 1. The van der Waals surface area contributed by atoms with Crippen molar-refractivity contribution < 1.29 is 4.79 Å². The van der Waals surface area contributed by atoms with Gasteiger partial charge in [0.1, 0.15) is 0 Å². The summed E-state index contributed by atoms with van der Waals surface area (Å²) in [5.74, 6) is -0.290.